The molecule has 0 fully saturated rings. The van der Waals surface area contributed by atoms with Crippen LogP contribution in [-0.4, -0.2) is 30.4 Å². The molecule has 2 rings (SSSR count). The van der Waals surface area contributed by atoms with Gasteiger partial charge in [0.25, 0.3) is 10.1 Å². The van der Waals surface area contributed by atoms with Crippen LogP contribution in [0.4, 0.5) is 0 Å². The molecule has 0 radical (unpaired) electrons. The first-order valence-electron chi connectivity index (χ1n) is 6.80. The van der Waals surface area contributed by atoms with Crippen LogP contribution in [0.15, 0.2) is 58.5 Å². The molecule has 0 aromatic heterocycles. The summed E-state index contributed by atoms with van der Waals surface area (Å²) in [6.45, 7) is 1.84. The molecule has 0 aliphatic carbocycles. The van der Waals surface area contributed by atoms with Gasteiger partial charge in [-0.3, -0.25) is 15.2 Å². The summed E-state index contributed by atoms with van der Waals surface area (Å²) in [5.41, 5.74) is 5.79. The zero-order valence-corrected chi connectivity index (χ0v) is 16.1. The van der Waals surface area contributed by atoms with Gasteiger partial charge in [-0.05, 0) is 59.3 Å². The van der Waals surface area contributed by atoms with Crippen molar-refractivity contribution in [1.82, 2.24) is 10.9 Å². The fraction of sp³-hybridized carbons (Fsp3) is 0.0667. The highest BCUT2D eigenvalue weighted by molar-refractivity contribution is 14.1. The van der Waals surface area contributed by atoms with Gasteiger partial charge in [0.05, 0.1) is 11.1 Å². The molecule has 0 bridgehead atoms. The summed E-state index contributed by atoms with van der Waals surface area (Å²) >= 11 is 2.20. The quantitative estimate of drug-likeness (QED) is 0.152. The largest absolute Gasteiger partial charge is 0.294 e. The molecule has 0 spiro atoms. The van der Waals surface area contributed by atoms with Gasteiger partial charge in [0.1, 0.15) is 0 Å². The molecule has 8 nitrogen and oxygen atoms in total. The molecular formula is C15H17IN4O4S. The number of hydrogen-bond donors (Lipinski definition) is 5. The Kier molecular flexibility index (Phi) is 8.48. The van der Waals surface area contributed by atoms with E-state index in [1.165, 1.54) is 12.1 Å². The number of rotatable bonds is 3. The summed E-state index contributed by atoms with van der Waals surface area (Å²) in [6.07, 6.45) is 1.56. The molecule has 0 aliphatic heterocycles. The molecule has 0 atom stereocenters. The Morgan fingerprint density at radius 3 is 2.40 bits per heavy atom. The van der Waals surface area contributed by atoms with Crippen molar-refractivity contribution in [3.63, 3.8) is 0 Å². The van der Waals surface area contributed by atoms with E-state index in [2.05, 4.69) is 33.1 Å². The van der Waals surface area contributed by atoms with E-state index in [9.17, 15) is 8.42 Å². The van der Waals surface area contributed by atoms with Crippen LogP contribution in [0, 0.1) is 15.9 Å². The fourth-order valence-electron chi connectivity index (χ4n) is 1.49. The zero-order chi connectivity index (χ0) is 18.9. The van der Waals surface area contributed by atoms with Crippen molar-refractivity contribution in [3.05, 3.63) is 63.2 Å². The van der Waals surface area contributed by atoms with Crippen LogP contribution in [0.1, 0.15) is 11.1 Å². The second-order valence-corrected chi connectivity index (χ2v) is 7.37. The standard InChI is InChI=1S/C8H9IN4O.C7H8O3S/c9-7-3-1-2-6(4-7)5-11-12-8(10)13-14;1-6-2-4-7(5-3-6)11(8,9)10/h1-5,14H,(H3,10,12,13);2-5H,1H3,(H,8,9,10). The van der Waals surface area contributed by atoms with Gasteiger partial charge in [0.2, 0.25) is 5.96 Å². The molecule has 0 saturated carbocycles. The van der Waals surface area contributed by atoms with Crippen LogP contribution in [-0.2, 0) is 10.1 Å². The number of benzene rings is 2. The van der Waals surface area contributed by atoms with Gasteiger partial charge in [0, 0.05) is 3.57 Å². The maximum atomic E-state index is 10.5. The van der Waals surface area contributed by atoms with E-state index in [1.807, 2.05) is 31.2 Å². The third kappa shape index (κ3) is 8.58. The number of halogens is 1. The SMILES string of the molecule is Cc1ccc(S(=O)(=O)O)cc1.N=C(NO)NN=Cc1cccc(I)c1. The third-order valence-corrected chi connectivity index (χ3v) is 4.21. The van der Waals surface area contributed by atoms with Crippen LogP contribution < -0.4 is 10.9 Å². The number of aryl methyl sites for hydroxylation is 1. The van der Waals surface area contributed by atoms with Crippen molar-refractivity contribution in [2.75, 3.05) is 0 Å². The molecule has 2 aromatic carbocycles. The Morgan fingerprint density at radius 1 is 1.24 bits per heavy atom. The first-order valence-corrected chi connectivity index (χ1v) is 9.31. The Bertz CT molecular complexity index is 839. The fourth-order valence-corrected chi connectivity index (χ4v) is 2.54. The van der Waals surface area contributed by atoms with E-state index in [0.717, 1.165) is 14.7 Å². The van der Waals surface area contributed by atoms with Gasteiger partial charge >= 0.3 is 0 Å². The number of guanidine groups is 1. The summed E-state index contributed by atoms with van der Waals surface area (Å²) in [5, 5.41) is 19.0. The van der Waals surface area contributed by atoms with Crippen LogP contribution in [0.5, 0.6) is 0 Å². The molecule has 0 amide bonds. The van der Waals surface area contributed by atoms with Crippen molar-refractivity contribution in [1.29, 1.82) is 5.41 Å². The number of hydrazone groups is 1. The van der Waals surface area contributed by atoms with Crippen molar-refractivity contribution in [2.45, 2.75) is 11.8 Å². The smallest absolute Gasteiger partial charge is 0.288 e. The van der Waals surface area contributed by atoms with Crippen LogP contribution in [0.25, 0.3) is 0 Å². The van der Waals surface area contributed by atoms with E-state index < -0.39 is 10.1 Å². The monoisotopic (exact) mass is 476 g/mol. The minimum atomic E-state index is -4.02. The Hall–Kier alpha value is -2.02. The Morgan fingerprint density at radius 2 is 1.88 bits per heavy atom. The van der Waals surface area contributed by atoms with Crippen LogP contribution in [0.3, 0.4) is 0 Å². The number of hydroxylamine groups is 1. The van der Waals surface area contributed by atoms with Gasteiger partial charge < -0.3 is 0 Å². The summed E-state index contributed by atoms with van der Waals surface area (Å²) in [4.78, 5) is -0.0666. The molecule has 0 unspecified atom stereocenters. The first kappa shape index (κ1) is 21.0. The van der Waals surface area contributed by atoms with Gasteiger partial charge in [-0.2, -0.15) is 13.5 Å². The maximum absolute atomic E-state index is 10.5. The number of nitrogens with one attached hydrogen (secondary N) is 3. The Labute approximate surface area is 159 Å². The topological polar surface area (TPSA) is 135 Å². The van der Waals surface area contributed by atoms with Gasteiger partial charge in [-0.15, -0.1) is 0 Å². The Balaban J connectivity index is 0.000000257. The first-order chi connectivity index (χ1) is 11.7. The van der Waals surface area contributed by atoms with Crippen molar-refractivity contribution >= 4 is 44.9 Å². The van der Waals surface area contributed by atoms with Crippen molar-refractivity contribution in [3.8, 4) is 0 Å². The maximum Gasteiger partial charge on any atom is 0.294 e. The third-order valence-electron chi connectivity index (χ3n) is 2.67. The summed E-state index contributed by atoms with van der Waals surface area (Å²) in [5.74, 6) is -0.271. The number of nitrogens with zero attached hydrogens (tertiary/aromatic N) is 1. The van der Waals surface area contributed by atoms with Crippen molar-refractivity contribution < 1.29 is 18.2 Å². The van der Waals surface area contributed by atoms with Gasteiger partial charge in [0.15, 0.2) is 0 Å². The van der Waals surface area contributed by atoms with E-state index >= 15 is 0 Å². The minimum Gasteiger partial charge on any atom is -0.288 e. The second-order valence-electron chi connectivity index (χ2n) is 4.70. The minimum absolute atomic E-state index is 0.0666. The second kappa shape index (κ2) is 10.1. The van der Waals surface area contributed by atoms with Crippen LogP contribution in [0.2, 0.25) is 0 Å². The van der Waals surface area contributed by atoms with Crippen LogP contribution >= 0.6 is 22.6 Å². The molecule has 25 heavy (non-hydrogen) atoms. The highest BCUT2D eigenvalue weighted by Gasteiger charge is 2.06. The molecule has 0 heterocycles. The highest BCUT2D eigenvalue weighted by atomic mass is 127. The van der Waals surface area contributed by atoms with Gasteiger partial charge in [-0.1, -0.05) is 29.8 Å². The lowest BCUT2D eigenvalue weighted by Gasteiger charge is -1.98. The molecule has 0 saturated heterocycles. The zero-order valence-electron chi connectivity index (χ0n) is 13.1. The number of hydrogen-bond acceptors (Lipinski definition) is 5. The van der Waals surface area contributed by atoms with Crippen molar-refractivity contribution in [2.24, 2.45) is 5.10 Å². The summed E-state index contributed by atoms with van der Waals surface area (Å²) < 4.78 is 30.7. The molecule has 134 valence electrons. The molecule has 0 aliphatic rings. The van der Waals surface area contributed by atoms with E-state index in [1.54, 1.807) is 23.8 Å². The predicted molar refractivity (Wildman–Crippen MR) is 104 cm³/mol. The van der Waals surface area contributed by atoms with E-state index in [0.29, 0.717) is 0 Å². The average Bonchev–Trinajstić information content (AvgIpc) is 2.55. The average molecular weight is 476 g/mol. The van der Waals surface area contributed by atoms with E-state index in [-0.39, 0.29) is 10.9 Å². The molecule has 2 aromatic rings. The molecule has 5 N–H and O–H groups in total. The lowest BCUT2D eigenvalue weighted by atomic mass is 10.2. The van der Waals surface area contributed by atoms with E-state index in [4.69, 9.17) is 15.2 Å². The van der Waals surface area contributed by atoms with Gasteiger partial charge in [-0.25, -0.2) is 10.9 Å². The summed E-state index contributed by atoms with van der Waals surface area (Å²) in [7, 11) is -4.02. The molecular weight excluding hydrogens is 459 g/mol. The lowest BCUT2D eigenvalue weighted by molar-refractivity contribution is 0.228. The normalized spacial score (nSPS) is 10.7. The molecule has 10 heteroatoms. The lowest BCUT2D eigenvalue weighted by Crippen LogP contribution is -2.30. The highest BCUT2D eigenvalue weighted by Crippen LogP contribution is 2.08. The summed E-state index contributed by atoms with van der Waals surface area (Å²) in [6, 6.07) is 13.7. The predicted octanol–water partition coefficient (Wildman–Crippen LogP) is 2.37.